The van der Waals surface area contributed by atoms with Crippen molar-refractivity contribution in [2.45, 2.75) is 12.8 Å². The number of amides is 1. The van der Waals surface area contributed by atoms with Crippen LogP contribution in [0.5, 0.6) is 0 Å². The fourth-order valence-electron chi connectivity index (χ4n) is 3.22. The van der Waals surface area contributed by atoms with E-state index in [2.05, 4.69) is 15.0 Å². The first-order valence-corrected chi connectivity index (χ1v) is 9.20. The summed E-state index contributed by atoms with van der Waals surface area (Å²) in [4.78, 5) is 28.5. The number of aromatic nitrogens is 4. The second-order valence-electron chi connectivity index (χ2n) is 6.34. The van der Waals surface area contributed by atoms with Gasteiger partial charge in [-0.1, -0.05) is 6.07 Å². The molecule has 3 aromatic rings. The molecule has 3 aromatic heterocycles. The zero-order chi connectivity index (χ0) is 17.2. The molecular weight excluding hydrogens is 334 g/mol. The fraction of sp³-hybridized carbons (Fsp3) is 0.333. The third kappa shape index (κ3) is 3.32. The van der Waals surface area contributed by atoms with E-state index in [1.807, 2.05) is 46.4 Å². The number of rotatable bonds is 4. The molecule has 1 atom stereocenters. The van der Waals surface area contributed by atoms with Crippen LogP contribution in [0.4, 0.5) is 0 Å². The predicted molar refractivity (Wildman–Crippen MR) is 96.3 cm³/mol. The first-order chi connectivity index (χ1) is 12.2. The van der Waals surface area contributed by atoms with Crippen LogP contribution in [0.3, 0.4) is 0 Å². The molecule has 4 rings (SSSR count). The number of hydrogen-bond acceptors (Lipinski definition) is 5. The van der Waals surface area contributed by atoms with Crippen molar-refractivity contribution in [1.29, 1.82) is 0 Å². The average Bonchev–Trinajstić information content (AvgIpc) is 3.37. The van der Waals surface area contributed by atoms with Gasteiger partial charge in [-0.25, -0.2) is 9.97 Å². The fourth-order valence-corrected chi connectivity index (χ4v) is 3.91. The Morgan fingerprint density at radius 3 is 2.92 bits per heavy atom. The topological polar surface area (TPSA) is 63.9 Å². The van der Waals surface area contributed by atoms with E-state index in [1.165, 1.54) is 11.3 Å². The maximum atomic E-state index is 12.4. The van der Waals surface area contributed by atoms with E-state index >= 15 is 0 Å². The van der Waals surface area contributed by atoms with E-state index in [1.54, 1.807) is 12.4 Å². The quantitative estimate of drug-likeness (QED) is 0.723. The van der Waals surface area contributed by atoms with Crippen LogP contribution in [0.15, 0.2) is 42.3 Å². The third-order valence-corrected chi connectivity index (χ3v) is 5.42. The molecule has 0 bridgehead atoms. The summed E-state index contributed by atoms with van der Waals surface area (Å²) in [5.41, 5.74) is 1.74. The molecule has 0 aromatic carbocycles. The van der Waals surface area contributed by atoms with Gasteiger partial charge in [0.15, 0.2) is 5.82 Å². The zero-order valence-electron chi connectivity index (χ0n) is 14.0. The van der Waals surface area contributed by atoms with Crippen molar-refractivity contribution >= 4 is 17.2 Å². The zero-order valence-corrected chi connectivity index (χ0v) is 14.8. The number of likely N-dealkylation sites (tertiary alicyclic amines) is 1. The molecule has 0 aliphatic carbocycles. The number of carbonyl (C=O) groups is 1. The van der Waals surface area contributed by atoms with E-state index in [0.29, 0.717) is 5.92 Å². The van der Waals surface area contributed by atoms with Crippen LogP contribution < -0.4 is 0 Å². The molecule has 4 heterocycles. The minimum atomic E-state index is 0.147. The van der Waals surface area contributed by atoms with Crippen LogP contribution in [0, 0.1) is 5.92 Å². The van der Waals surface area contributed by atoms with E-state index in [-0.39, 0.29) is 5.91 Å². The summed E-state index contributed by atoms with van der Waals surface area (Å²) in [7, 11) is 1.94. The largest absolute Gasteiger partial charge is 0.338 e. The van der Waals surface area contributed by atoms with Crippen LogP contribution in [-0.2, 0) is 13.5 Å². The summed E-state index contributed by atoms with van der Waals surface area (Å²) in [6.07, 6.45) is 9.11. The summed E-state index contributed by atoms with van der Waals surface area (Å²) in [5.74, 6) is 1.40. The average molecular weight is 353 g/mol. The lowest BCUT2D eigenvalue weighted by molar-refractivity contribution is 0.0792. The Kier molecular flexibility index (Phi) is 4.31. The van der Waals surface area contributed by atoms with Crippen molar-refractivity contribution in [3.63, 3.8) is 0 Å². The van der Waals surface area contributed by atoms with Gasteiger partial charge >= 0.3 is 0 Å². The molecule has 25 heavy (non-hydrogen) atoms. The highest BCUT2D eigenvalue weighted by Crippen LogP contribution is 2.23. The number of thiophene rings is 1. The van der Waals surface area contributed by atoms with E-state index in [0.717, 1.165) is 48.0 Å². The minimum Gasteiger partial charge on any atom is -0.338 e. The normalized spacial score (nSPS) is 17.2. The van der Waals surface area contributed by atoms with Gasteiger partial charge in [0.05, 0.1) is 16.8 Å². The summed E-state index contributed by atoms with van der Waals surface area (Å²) in [5, 5.41) is 1.94. The standard InChI is InChI=1S/C18H19N5OS/c1-22-7-5-19-17(22)15-11-20-14(10-21-15)9-13-4-6-23(12-13)18(24)16-3-2-8-25-16/h2-3,5,7-8,10-11,13H,4,6,9,12H2,1H3. The third-order valence-electron chi connectivity index (χ3n) is 4.56. The maximum Gasteiger partial charge on any atom is 0.263 e. The molecule has 0 spiro atoms. The highest BCUT2D eigenvalue weighted by molar-refractivity contribution is 7.12. The highest BCUT2D eigenvalue weighted by Gasteiger charge is 2.27. The number of aryl methyl sites for hydroxylation is 1. The van der Waals surface area contributed by atoms with Crippen LogP contribution in [0.1, 0.15) is 21.8 Å². The van der Waals surface area contributed by atoms with Crippen molar-refractivity contribution in [1.82, 2.24) is 24.4 Å². The van der Waals surface area contributed by atoms with Gasteiger partial charge < -0.3 is 9.47 Å². The van der Waals surface area contributed by atoms with Gasteiger partial charge in [-0.05, 0) is 30.2 Å². The lowest BCUT2D eigenvalue weighted by Gasteiger charge is -2.15. The Hall–Kier alpha value is -2.54. The van der Waals surface area contributed by atoms with E-state index < -0.39 is 0 Å². The molecule has 0 radical (unpaired) electrons. The Morgan fingerprint density at radius 2 is 2.24 bits per heavy atom. The van der Waals surface area contributed by atoms with Gasteiger partial charge in [0.25, 0.3) is 5.91 Å². The molecule has 0 N–H and O–H groups in total. The molecular formula is C18H19N5OS. The summed E-state index contributed by atoms with van der Waals surface area (Å²) >= 11 is 1.50. The van der Waals surface area contributed by atoms with Crippen molar-refractivity contribution in [3.8, 4) is 11.5 Å². The van der Waals surface area contributed by atoms with Crippen LogP contribution in [0.2, 0.25) is 0 Å². The second kappa shape index (κ2) is 6.76. The SMILES string of the molecule is Cn1ccnc1-c1cnc(CC2CCN(C(=O)c3cccs3)C2)cn1. The van der Waals surface area contributed by atoms with Gasteiger partial charge in [-0.3, -0.25) is 9.78 Å². The highest BCUT2D eigenvalue weighted by atomic mass is 32.1. The molecule has 6 nitrogen and oxygen atoms in total. The molecule has 1 unspecified atom stereocenters. The second-order valence-corrected chi connectivity index (χ2v) is 7.29. The van der Waals surface area contributed by atoms with Crippen molar-refractivity contribution in [2.24, 2.45) is 13.0 Å². The van der Waals surface area contributed by atoms with Gasteiger partial charge in [-0.15, -0.1) is 11.3 Å². The molecule has 1 amide bonds. The van der Waals surface area contributed by atoms with Gasteiger partial charge in [0, 0.05) is 38.7 Å². The van der Waals surface area contributed by atoms with Gasteiger partial charge in [0.1, 0.15) is 5.69 Å². The Morgan fingerprint density at radius 1 is 1.32 bits per heavy atom. The molecule has 1 fully saturated rings. The summed E-state index contributed by atoms with van der Waals surface area (Å²) in [6.45, 7) is 1.61. The maximum absolute atomic E-state index is 12.4. The van der Waals surface area contributed by atoms with Crippen molar-refractivity contribution in [2.75, 3.05) is 13.1 Å². The Bertz CT molecular complexity index is 856. The lowest BCUT2D eigenvalue weighted by Crippen LogP contribution is -2.28. The smallest absolute Gasteiger partial charge is 0.263 e. The number of carbonyl (C=O) groups excluding carboxylic acids is 1. The number of nitrogens with zero attached hydrogens (tertiary/aromatic N) is 5. The molecule has 1 saturated heterocycles. The van der Waals surface area contributed by atoms with Gasteiger partial charge in [0.2, 0.25) is 0 Å². The van der Waals surface area contributed by atoms with Crippen molar-refractivity contribution in [3.05, 3.63) is 52.9 Å². The molecule has 1 aliphatic rings. The van der Waals surface area contributed by atoms with Crippen LogP contribution in [0.25, 0.3) is 11.5 Å². The molecule has 128 valence electrons. The summed E-state index contributed by atoms with van der Waals surface area (Å²) < 4.78 is 1.93. The monoisotopic (exact) mass is 353 g/mol. The molecule has 0 saturated carbocycles. The van der Waals surface area contributed by atoms with Crippen molar-refractivity contribution < 1.29 is 4.79 Å². The first-order valence-electron chi connectivity index (χ1n) is 8.32. The molecule has 7 heteroatoms. The predicted octanol–water partition coefficient (Wildman–Crippen LogP) is 2.64. The Balaban J connectivity index is 1.38. The lowest BCUT2D eigenvalue weighted by atomic mass is 10.0. The van der Waals surface area contributed by atoms with E-state index in [4.69, 9.17) is 0 Å². The minimum absolute atomic E-state index is 0.147. The number of imidazole rings is 1. The number of hydrogen-bond donors (Lipinski definition) is 0. The van der Waals surface area contributed by atoms with Gasteiger partial charge in [-0.2, -0.15) is 0 Å². The van der Waals surface area contributed by atoms with Crippen LogP contribution in [-0.4, -0.2) is 43.4 Å². The Labute approximate surface area is 150 Å². The van der Waals surface area contributed by atoms with Crippen LogP contribution >= 0.6 is 11.3 Å². The van der Waals surface area contributed by atoms with E-state index in [9.17, 15) is 4.79 Å². The summed E-state index contributed by atoms with van der Waals surface area (Å²) in [6, 6.07) is 3.81. The first kappa shape index (κ1) is 16.0. The molecule has 1 aliphatic heterocycles.